The number of ether oxygens (including phenoxy) is 1. The molecule has 0 saturated carbocycles. The number of hydrogen-bond acceptors (Lipinski definition) is 4. The number of nitrogens with one attached hydrogen (secondary N) is 1. The molecule has 0 bridgehead atoms. The number of benzene rings is 1. The van der Waals surface area contributed by atoms with Gasteiger partial charge in [0.05, 0.1) is 11.5 Å². The third-order valence-corrected chi connectivity index (χ3v) is 4.51. The molecule has 0 aliphatic heterocycles. The van der Waals surface area contributed by atoms with E-state index < -0.39 is 10.0 Å². The fourth-order valence-corrected chi connectivity index (χ4v) is 2.91. The molecular weight excluding hydrogens is 314 g/mol. The van der Waals surface area contributed by atoms with Gasteiger partial charge in [0.25, 0.3) is 0 Å². The van der Waals surface area contributed by atoms with Crippen molar-refractivity contribution in [2.24, 2.45) is 0 Å². The Balaban J connectivity index is 2.25. The zero-order chi connectivity index (χ0) is 15.7. The molecule has 0 radical (unpaired) electrons. The van der Waals surface area contributed by atoms with E-state index in [0.717, 1.165) is 6.42 Å². The molecule has 1 aromatic rings. The summed E-state index contributed by atoms with van der Waals surface area (Å²) in [5.74, 6) is -0.209. The molecule has 0 aliphatic rings. The Bertz CT molecular complexity index is 543. The molecule has 1 N–H and O–H groups in total. The van der Waals surface area contributed by atoms with Crippen molar-refractivity contribution in [1.82, 2.24) is 4.72 Å². The van der Waals surface area contributed by atoms with Gasteiger partial charge in [0.15, 0.2) is 0 Å². The van der Waals surface area contributed by atoms with E-state index in [2.05, 4.69) is 4.72 Å². The molecular formula is C14H20ClNO4S. The first-order valence-electron chi connectivity index (χ1n) is 6.86. The lowest BCUT2D eigenvalue weighted by Gasteiger charge is -2.07. The van der Waals surface area contributed by atoms with Gasteiger partial charge in [-0.1, -0.05) is 18.0 Å². The topological polar surface area (TPSA) is 72.5 Å². The average molecular weight is 334 g/mol. The molecule has 7 heteroatoms. The van der Waals surface area contributed by atoms with Crippen molar-refractivity contribution in [1.29, 1.82) is 0 Å². The summed E-state index contributed by atoms with van der Waals surface area (Å²) in [4.78, 5) is 11.3. The second kappa shape index (κ2) is 9.02. The average Bonchev–Trinajstić information content (AvgIpc) is 2.43. The van der Waals surface area contributed by atoms with Crippen molar-refractivity contribution in [2.75, 3.05) is 13.2 Å². The van der Waals surface area contributed by atoms with Crippen LogP contribution < -0.4 is 4.72 Å². The van der Waals surface area contributed by atoms with Gasteiger partial charge in [0.2, 0.25) is 10.0 Å². The summed E-state index contributed by atoms with van der Waals surface area (Å²) in [5, 5.41) is 0.493. The van der Waals surface area contributed by atoms with Crippen LogP contribution in [0.1, 0.15) is 32.6 Å². The lowest BCUT2D eigenvalue weighted by Crippen LogP contribution is -2.24. The lowest BCUT2D eigenvalue weighted by atomic mass is 10.2. The van der Waals surface area contributed by atoms with Gasteiger partial charge in [-0.25, -0.2) is 13.1 Å². The molecule has 1 aromatic carbocycles. The van der Waals surface area contributed by atoms with Crippen LogP contribution in [0.4, 0.5) is 0 Å². The number of rotatable bonds is 9. The van der Waals surface area contributed by atoms with Gasteiger partial charge in [0.1, 0.15) is 0 Å². The van der Waals surface area contributed by atoms with Crippen molar-refractivity contribution in [2.45, 2.75) is 37.5 Å². The second-order valence-electron chi connectivity index (χ2n) is 4.47. The van der Waals surface area contributed by atoms with Crippen LogP contribution in [0.2, 0.25) is 5.02 Å². The predicted octanol–water partition coefficient (Wildman–Crippen LogP) is 2.74. The molecule has 1 rings (SSSR count). The van der Waals surface area contributed by atoms with Crippen LogP contribution >= 0.6 is 11.6 Å². The van der Waals surface area contributed by atoms with Crippen LogP contribution in [0.3, 0.4) is 0 Å². The molecule has 0 unspecified atom stereocenters. The van der Waals surface area contributed by atoms with Crippen LogP contribution in [0.25, 0.3) is 0 Å². The quantitative estimate of drug-likeness (QED) is 0.557. The molecule has 0 aromatic heterocycles. The Morgan fingerprint density at radius 1 is 1.19 bits per heavy atom. The zero-order valence-corrected chi connectivity index (χ0v) is 13.5. The first-order valence-corrected chi connectivity index (χ1v) is 8.72. The van der Waals surface area contributed by atoms with Gasteiger partial charge >= 0.3 is 5.97 Å². The highest BCUT2D eigenvalue weighted by atomic mass is 35.5. The van der Waals surface area contributed by atoms with Crippen molar-refractivity contribution >= 4 is 27.6 Å². The summed E-state index contributed by atoms with van der Waals surface area (Å²) in [5.41, 5.74) is 0. The minimum Gasteiger partial charge on any atom is -0.466 e. The Morgan fingerprint density at radius 3 is 2.48 bits per heavy atom. The minimum absolute atomic E-state index is 0.193. The molecule has 0 saturated heterocycles. The van der Waals surface area contributed by atoms with Crippen LogP contribution in [-0.2, 0) is 19.6 Å². The van der Waals surface area contributed by atoms with E-state index in [1.807, 2.05) is 0 Å². The number of hydrogen-bond donors (Lipinski definition) is 1. The SMILES string of the molecule is CCOC(=O)CCCCCNS(=O)(=O)c1ccc(Cl)cc1. The third-order valence-electron chi connectivity index (χ3n) is 2.78. The third kappa shape index (κ3) is 6.93. The Morgan fingerprint density at radius 2 is 1.86 bits per heavy atom. The van der Waals surface area contributed by atoms with Crippen molar-refractivity contribution in [3.63, 3.8) is 0 Å². The van der Waals surface area contributed by atoms with Crippen LogP contribution in [0.5, 0.6) is 0 Å². The van der Waals surface area contributed by atoms with Gasteiger partial charge in [-0.3, -0.25) is 4.79 Å². The first-order chi connectivity index (χ1) is 9.95. The van der Waals surface area contributed by atoms with E-state index in [4.69, 9.17) is 16.3 Å². The van der Waals surface area contributed by atoms with E-state index in [0.29, 0.717) is 37.4 Å². The van der Waals surface area contributed by atoms with E-state index in [1.54, 1.807) is 6.92 Å². The lowest BCUT2D eigenvalue weighted by molar-refractivity contribution is -0.143. The fraction of sp³-hybridized carbons (Fsp3) is 0.500. The normalized spacial score (nSPS) is 11.3. The molecule has 21 heavy (non-hydrogen) atoms. The van der Waals surface area contributed by atoms with Crippen molar-refractivity contribution < 1.29 is 17.9 Å². The van der Waals surface area contributed by atoms with E-state index in [1.165, 1.54) is 24.3 Å². The highest BCUT2D eigenvalue weighted by molar-refractivity contribution is 7.89. The number of carbonyl (C=O) groups excluding carboxylic acids is 1. The van der Waals surface area contributed by atoms with Gasteiger partial charge in [0, 0.05) is 18.0 Å². The molecule has 5 nitrogen and oxygen atoms in total. The van der Waals surface area contributed by atoms with E-state index in [9.17, 15) is 13.2 Å². The molecule has 0 aliphatic carbocycles. The molecule has 118 valence electrons. The van der Waals surface area contributed by atoms with Gasteiger partial charge in [-0.2, -0.15) is 0 Å². The van der Waals surface area contributed by atoms with Crippen LogP contribution in [0.15, 0.2) is 29.2 Å². The molecule has 0 fully saturated rings. The Labute approximate surface area is 130 Å². The van der Waals surface area contributed by atoms with E-state index >= 15 is 0 Å². The van der Waals surface area contributed by atoms with Gasteiger partial charge < -0.3 is 4.74 Å². The molecule has 0 amide bonds. The smallest absolute Gasteiger partial charge is 0.305 e. The summed E-state index contributed by atoms with van der Waals surface area (Å²) >= 11 is 5.72. The largest absolute Gasteiger partial charge is 0.466 e. The highest BCUT2D eigenvalue weighted by Gasteiger charge is 2.12. The van der Waals surface area contributed by atoms with Crippen LogP contribution in [-0.4, -0.2) is 27.5 Å². The maximum absolute atomic E-state index is 11.9. The minimum atomic E-state index is -3.49. The molecule has 0 heterocycles. The zero-order valence-electron chi connectivity index (χ0n) is 12.0. The van der Waals surface area contributed by atoms with Gasteiger partial charge in [-0.15, -0.1) is 0 Å². The van der Waals surface area contributed by atoms with E-state index in [-0.39, 0.29) is 10.9 Å². The van der Waals surface area contributed by atoms with Crippen LogP contribution in [0, 0.1) is 0 Å². The number of esters is 1. The summed E-state index contributed by atoms with van der Waals surface area (Å²) in [6.45, 7) is 2.50. The summed E-state index contributed by atoms with van der Waals surface area (Å²) < 4.78 is 31.2. The molecule has 0 spiro atoms. The number of sulfonamides is 1. The van der Waals surface area contributed by atoms with Gasteiger partial charge in [-0.05, 0) is 44.0 Å². The fourth-order valence-electron chi connectivity index (χ4n) is 1.71. The standard InChI is InChI=1S/C14H20ClNO4S/c1-2-20-14(17)6-4-3-5-11-16-21(18,19)13-9-7-12(15)8-10-13/h7-10,16H,2-6,11H2,1H3. The predicted molar refractivity (Wildman–Crippen MR) is 81.7 cm³/mol. The number of unbranched alkanes of at least 4 members (excludes halogenated alkanes) is 2. The number of carbonyl (C=O) groups is 1. The molecule has 0 atom stereocenters. The first kappa shape index (κ1) is 17.9. The monoisotopic (exact) mass is 333 g/mol. The van der Waals surface area contributed by atoms with Crippen molar-refractivity contribution in [3.05, 3.63) is 29.3 Å². The summed E-state index contributed by atoms with van der Waals surface area (Å²) in [6.07, 6.45) is 2.51. The maximum Gasteiger partial charge on any atom is 0.305 e. The maximum atomic E-state index is 11.9. The van der Waals surface area contributed by atoms with Crippen molar-refractivity contribution in [3.8, 4) is 0 Å². The highest BCUT2D eigenvalue weighted by Crippen LogP contribution is 2.13. The summed E-state index contributed by atoms with van der Waals surface area (Å²) in [7, 11) is -3.49. The Kier molecular flexibility index (Phi) is 7.71. The Hall–Kier alpha value is -1.11. The number of halogens is 1. The summed E-state index contributed by atoms with van der Waals surface area (Å²) in [6, 6.07) is 6.00. The second-order valence-corrected chi connectivity index (χ2v) is 6.67.